The summed E-state index contributed by atoms with van der Waals surface area (Å²) in [6.07, 6.45) is 2.55. The Morgan fingerprint density at radius 1 is 1.50 bits per heavy atom. The summed E-state index contributed by atoms with van der Waals surface area (Å²) in [5, 5.41) is 12.4. The second kappa shape index (κ2) is 6.99. The Labute approximate surface area is 123 Å². The Balaban J connectivity index is 1.72. The van der Waals surface area contributed by atoms with Gasteiger partial charge in [0, 0.05) is 17.8 Å². The molecule has 0 bridgehead atoms. The van der Waals surface area contributed by atoms with Crippen LogP contribution in [0.2, 0.25) is 0 Å². The van der Waals surface area contributed by atoms with Gasteiger partial charge >= 0.3 is 5.97 Å². The number of thioether (sulfide) groups is 1. The number of rotatable bonds is 7. The van der Waals surface area contributed by atoms with Crippen LogP contribution in [0, 0.1) is 0 Å². The lowest BCUT2D eigenvalue weighted by Gasteiger charge is -2.23. The topological polar surface area (TPSA) is 58.6 Å². The first-order valence-corrected chi connectivity index (χ1v) is 7.89. The predicted molar refractivity (Wildman–Crippen MR) is 81.9 cm³/mol. The van der Waals surface area contributed by atoms with Crippen molar-refractivity contribution in [3.63, 3.8) is 0 Å². The summed E-state index contributed by atoms with van der Waals surface area (Å²) in [5.41, 5.74) is 0.214. The van der Waals surface area contributed by atoms with Crippen LogP contribution in [-0.2, 0) is 0 Å². The summed E-state index contributed by atoms with van der Waals surface area (Å²) in [7, 11) is 0. The molecule has 0 spiro atoms. The number of benzene rings is 1. The fraction of sp³-hybridized carbons (Fsp3) is 0.533. The predicted octanol–water partition coefficient (Wildman–Crippen LogP) is 2.64. The van der Waals surface area contributed by atoms with E-state index in [9.17, 15) is 4.79 Å². The molecular weight excluding hydrogens is 274 g/mol. The van der Waals surface area contributed by atoms with Crippen molar-refractivity contribution in [1.29, 1.82) is 0 Å². The van der Waals surface area contributed by atoms with E-state index < -0.39 is 5.97 Å². The molecule has 0 aliphatic carbocycles. The average molecular weight is 295 g/mol. The average Bonchev–Trinajstić information content (AvgIpc) is 2.86. The fourth-order valence-corrected chi connectivity index (χ4v) is 3.61. The molecule has 0 saturated carbocycles. The highest BCUT2D eigenvalue weighted by atomic mass is 32.2. The molecule has 0 radical (unpaired) electrons. The first-order valence-electron chi connectivity index (χ1n) is 6.90. The summed E-state index contributed by atoms with van der Waals surface area (Å²) in [5.74, 6) is 0.729. The van der Waals surface area contributed by atoms with Crippen LogP contribution in [0.1, 0.15) is 30.1 Å². The Morgan fingerprint density at radius 2 is 2.30 bits per heavy atom. The van der Waals surface area contributed by atoms with Gasteiger partial charge in [0.15, 0.2) is 0 Å². The Kier molecular flexibility index (Phi) is 5.31. The molecule has 0 amide bonds. The summed E-state index contributed by atoms with van der Waals surface area (Å²) in [6, 6.07) is 6.73. The van der Waals surface area contributed by atoms with Crippen LogP contribution >= 0.6 is 11.8 Å². The molecule has 4 nitrogen and oxygen atoms in total. The number of carbonyl (C=O) groups is 1. The molecule has 1 heterocycles. The standard InChI is InChI=1S/C15H21NO3S/c1-15(7-4-10-20-15)11-16-8-9-19-13-6-3-2-5-12(13)14(17)18/h2-3,5-6,16H,4,7-11H2,1H3,(H,17,18). The van der Waals surface area contributed by atoms with Gasteiger partial charge in [-0.25, -0.2) is 4.79 Å². The molecule has 2 N–H and O–H groups in total. The lowest BCUT2D eigenvalue weighted by atomic mass is 10.1. The Hall–Kier alpha value is -1.20. The molecule has 5 heteroatoms. The van der Waals surface area contributed by atoms with E-state index in [0.717, 1.165) is 13.1 Å². The molecule has 110 valence electrons. The van der Waals surface area contributed by atoms with Crippen molar-refractivity contribution in [2.45, 2.75) is 24.5 Å². The smallest absolute Gasteiger partial charge is 0.339 e. The maximum Gasteiger partial charge on any atom is 0.339 e. The SMILES string of the molecule is CC1(CNCCOc2ccccc2C(=O)O)CCCS1. The van der Waals surface area contributed by atoms with Gasteiger partial charge in [0.1, 0.15) is 17.9 Å². The number of nitrogens with one attached hydrogen (secondary N) is 1. The highest BCUT2D eigenvalue weighted by Gasteiger charge is 2.28. The number of ether oxygens (including phenoxy) is 1. The normalized spacial score (nSPS) is 21.9. The molecule has 1 aromatic carbocycles. The zero-order valence-electron chi connectivity index (χ0n) is 11.7. The van der Waals surface area contributed by atoms with E-state index in [4.69, 9.17) is 9.84 Å². The minimum atomic E-state index is -0.955. The number of para-hydroxylation sites is 1. The van der Waals surface area contributed by atoms with Crippen molar-refractivity contribution in [2.24, 2.45) is 0 Å². The number of carboxylic acids is 1. The quantitative estimate of drug-likeness (QED) is 0.757. The van der Waals surface area contributed by atoms with E-state index in [1.165, 1.54) is 18.6 Å². The fourth-order valence-electron chi connectivity index (χ4n) is 2.33. The van der Waals surface area contributed by atoms with Crippen molar-refractivity contribution in [3.05, 3.63) is 29.8 Å². The second-order valence-corrected chi connectivity index (χ2v) is 6.91. The van der Waals surface area contributed by atoms with Crippen molar-refractivity contribution < 1.29 is 14.6 Å². The number of carboxylic acid groups (broad SMARTS) is 1. The summed E-state index contributed by atoms with van der Waals surface area (Å²) >= 11 is 2.02. The van der Waals surface area contributed by atoms with Crippen LogP contribution in [-0.4, -0.2) is 41.3 Å². The third-order valence-corrected chi connectivity index (χ3v) is 4.99. The number of hydrogen-bond acceptors (Lipinski definition) is 4. The second-order valence-electron chi connectivity index (χ2n) is 5.23. The zero-order chi connectivity index (χ0) is 14.4. The molecular formula is C15H21NO3S. The molecule has 1 unspecified atom stereocenters. The largest absolute Gasteiger partial charge is 0.491 e. The molecule has 2 rings (SSSR count). The van der Waals surface area contributed by atoms with Crippen molar-refractivity contribution in [2.75, 3.05) is 25.4 Å². The van der Waals surface area contributed by atoms with E-state index in [-0.39, 0.29) is 5.56 Å². The summed E-state index contributed by atoms with van der Waals surface area (Å²) in [6.45, 7) is 4.47. The van der Waals surface area contributed by atoms with Crippen LogP contribution in [0.25, 0.3) is 0 Å². The summed E-state index contributed by atoms with van der Waals surface area (Å²) in [4.78, 5) is 11.0. The van der Waals surface area contributed by atoms with Gasteiger partial charge in [-0.15, -0.1) is 0 Å². The van der Waals surface area contributed by atoms with Gasteiger partial charge in [-0.2, -0.15) is 11.8 Å². The van der Waals surface area contributed by atoms with Gasteiger partial charge < -0.3 is 15.2 Å². The van der Waals surface area contributed by atoms with Crippen molar-refractivity contribution in [3.8, 4) is 5.75 Å². The zero-order valence-corrected chi connectivity index (χ0v) is 12.5. The van der Waals surface area contributed by atoms with Crippen LogP contribution in [0.3, 0.4) is 0 Å². The van der Waals surface area contributed by atoms with Gasteiger partial charge in [-0.05, 0) is 37.7 Å². The molecule has 0 aromatic heterocycles. The van der Waals surface area contributed by atoms with Gasteiger partial charge in [0.05, 0.1) is 0 Å². The van der Waals surface area contributed by atoms with Gasteiger partial charge in [0.25, 0.3) is 0 Å². The third-order valence-electron chi connectivity index (χ3n) is 3.45. The lowest BCUT2D eigenvalue weighted by molar-refractivity contribution is 0.0692. The van der Waals surface area contributed by atoms with Crippen LogP contribution in [0.5, 0.6) is 5.75 Å². The molecule has 1 aliphatic heterocycles. The van der Waals surface area contributed by atoms with E-state index in [1.54, 1.807) is 24.3 Å². The Bertz CT molecular complexity index is 458. The highest BCUT2D eigenvalue weighted by Crippen LogP contribution is 2.36. The van der Waals surface area contributed by atoms with Crippen molar-refractivity contribution in [1.82, 2.24) is 5.32 Å². The van der Waals surface area contributed by atoms with Crippen LogP contribution in [0.15, 0.2) is 24.3 Å². The molecule has 20 heavy (non-hydrogen) atoms. The molecule has 1 aliphatic rings. The van der Waals surface area contributed by atoms with Gasteiger partial charge in [-0.3, -0.25) is 0 Å². The van der Waals surface area contributed by atoms with E-state index in [0.29, 0.717) is 17.1 Å². The number of hydrogen-bond donors (Lipinski definition) is 2. The molecule has 1 fully saturated rings. The van der Waals surface area contributed by atoms with Crippen molar-refractivity contribution >= 4 is 17.7 Å². The van der Waals surface area contributed by atoms with Crippen LogP contribution in [0.4, 0.5) is 0 Å². The minimum Gasteiger partial charge on any atom is -0.491 e. The molecule has 1 saturated heterocycles. The maximum atomic E-state index is 11.0. The summed E-state index contributed by atoms with van der Waals surface area (Å²) < 4.78 is 5.89. The third kappa shape index (κ3) is 4.15. The number of aromatic carboxylic acids is 1. The van der Waals surface area contributed by atoms with E-state index in [2.05, 4.69) is 12.2 Å². The van der Waals surface area contributed by atoms with E-state index >= 15 is 0 Å². The highest BCUT2D eigenvalue weighted by molar-refractivity contribution is 8.00. The van der Waals surface area contributed by atoms with Gasteiger partial charge in [0.2, 0.25) is 0 Å². The molecule has 1 aromatic rings. The minimum absolute atomic E-state index is 0.214. The van der Waals surface area contributed by atoms with Gasteiger partial charge in [-0.1, -0.05) is 12.1 Å². The molecule has 1 atom stereocenters. The Morgan fingerprint density at radius 3 is 3.00 bits per heavy atom. The van der Waals surface area contributed by atoms with E-state index in [1.807, 2.05) is 11.8 Å². The monoisotopic (exact) mass is 295 g/mol. The first-order chi connectivity index (χ1) is 9.61. The lowest BCUT2D eigenvalue weighted by Crippen LogP contribution is -2.35. The maximum absolute atomic E-state index is 11.0. The first kappa shape index (κ1) is 15.2. The van der Waals surface area contributed by atoms with Crippen LogP contribution < -0.4 is 10.1 Å².